The van der Waals surface area contributed by atoms with E-state index >= 15 is 14.4 Å². The van der Waals surface area contributed by atoms with Gasteiger partial charge >= 0.3 is 5.97 Å². The quantitative estimate of drug-likeness (QED) is 0.109. The predicted octanol–water partition coefficient (Wildman–Crippen LogP) is 7.42. The van der Waals surface area contributed by atoms with Gasteiger partial charge in [0.2, 0.25) is 11.8 Å². The number of hydrogen-bond donors (Lipinski definition) is 0. The van der Waals surface area contributed by atoms with Gasteiger partial charge in [0, 0.05) is 6.92 Å². The average molecular weight is 644 g/mol. The molecule has 0 unspecified atom stereocenters. The molecular weight excluding hydrogens is 610 g/mol. The number of fused-ring (bicyclic) bond motifs is 5. The van der Waals surface area contributed by atoms with Crippen LogP contribution in [0.1, 0.15) is 40.3 Å². The molecule has 240 valence electrons. The second kappa shape index (κ2) is 11.1. The smallest absolute Gasteiger partial charge is 0.308 e. The van der Waals surface area contributed by atoms with Crippen LogP contribution in [0.2, 0.25) is 0 Å². The van der Waals surface area contributed by atoms with Crippen molar-refractivity contribution >= 4 is 40.4 Å². The number of ether oxygens (including phenoxy) is 1. The number of esters is 1. The molecule has 1 aliphatic heterocycles. The first kappa shape index (κ1) is 30.5. The molecule has 6 heteroatoms. The lowest BCUT2D eigenvalue weighted by Gasteiger charge is -2.39. The highest BCUT2D eigenvalue weighted by atomic mass is 16.5. The number of carbonyl (C=O) groups is 4. The summed E-state index contributed by atoms with van der Waals surface area (Å²) >= 11 is 0. The molecule has 5 aromatic rings. The van der Waals surface area contributed by atoms with Crippen LogP contribution in [0.25, 0.3) is 11.1 Å². The Balaban J connectivity index is 1.49. The molecule has 6 nitrogen and oxygen atoms in total. The molecule has 3 aliphatic rings. The molecule has 0 N–H and O–H groups in total. The third-order valence-electron chi connectivity index (χ3n) is 10.5. The Morgan fingerprint density at radius 3 is 1.37 bits per heavy atom. The zero-order valence-corrected chi connectivity index (χ0v) is 27.3. The van der Waals surface area contributed by atoms with Crippen molar-refractivity contribution < 1.29 is 23.9 Å². The van der Waals surface area contributed by atoms with Crippen molar-refractivity contribution in [3.05, 3.63) is 167 Å². The highest BCUT2D eigenvalue weighted by Gasteiger charge is 2.82. The van der Waals surface area contributed by atoms with E-state index < -0.39 is 40.4 Å². The Bertz CT molecular complexity index is 2060. The van der Waals surface area contributed by atoms with Gasteiger partial charge < -0.3 is 4.74 Å². The molecule has 0 spiro atoms. The number of anilines is 1. The average Bonchev–Trinajstić information content (AvgIpc) is 3.62. The molecule has 1 saturated heterocycles. The maximum absolute atomic E-state index is 16.0. The summed E-state index contributed by atoms with van der Waals surface area (Å²) in [5.74, 6) is -3.24. The van der Waals surface area contributed by atoms with Gasteiger partial charge in [-0.2, -0.15) is 0 Å². The molecule has 2 aliphatic carbocycles. The lowest BCUT2D eigenvalue weighted by Crippen LogP contribution is -2.45. The number of nitrogens with zero attached hydrogens (tertiary/aromatic N) is 1. The highest BCUT2D eigenvalue weighted by Crippen LogP contribution is 2.74. The summed E-state index contributed by atoms with van der Waals surface area (Å²) in [4.78, 5) is 59.1. The maximum Gasteiger partial charge on any atom is 0.308 e. The van der Waals surface area contributed by atoms with Gasteiger partial charge in [-0.25, -0.2) is 4.90 Å². The first-order chi connectivity index (χ1) is 23.7. The van der Waals surface area contributed by atoms with Crippen molar-refractivity contribution in [2.75, 3.05) is 4.90 Å². The topological polar surface area (TPSA) is 80.8 Å². The Morgan fingerprint density at radius 2 is 0.980 bits per heavy atom. The molecule has 0 aromatic heterocycles. The van der Waals surface area contributed by atoms with Gasteiger partial charge in [0.1, 0.15) is 5.75 Å². The fourth-order valence-electron chi connectivity index (χ4n) is 8.65. The number of hydrogen-bond acceptors (Lipinski definition) is 5. The van der Waals surface area contributed by atoms with Gasteiger partial charge in [-0.05, 0) is 71.5 Å². The summed E-state index contributed by atoms with van der Waals surface area (Å²) in [6.45, 7) is 5.35. The predicted molar refractivity (Wildman–Crippen MR) is 188 cm³/mol. The maximum atomic E-state index is 16.0. The van der Waals surface area contributed by atoms with Crippen molar-refractivity contribution in [2.45, 2.75) is 31.6 Å². The normalized spacial score (nSPS) is 24.1. The lowest BCUT2D eigenvalue weighted by molar-refractivity contribution is -0.132. The van der Waals surface area contributed by atoms with Crippen LogP contribution in [-0.4, -0.2) is 23.6 Å². The molecule has 1 heterocycles. The standard InChI is InChI=1S/C43H33NO5/c1-26-14-18-29(19-15-26)35-36(30-20-16-27(2)17-21-30)43(32-12-8-5-9-13-32)38-37(42(35,41(43)48)31-10-6-4-7-11-31)39(46)44(40(38)47)33-22-24-34(25-23-33)49-28(3)45/h4-25,37-38H,1-3H3/t37-,38-,42+,43+/m1/s1. The second-order valence-electron chi connectivity index (χ2n) is 13.2. The summed E-state index contributed by atoms with van der Waals surface area (Å²) < 4.78 is 5.23. The lowest BCUT2D eigenvalue weighted by atomic mass is 9.59. The SMILES string of the molecule is CC(=O)Oc1ccc(N2C(=O)[C@H]3[C@H](C2=O)[C@@]2(c4ccccc4)C(=O)[C@@]3(c3ccccc3)C(c3ccc(C)cc3)=C2c2ccc(C)cc2)cc1. The number of benzene rings is 5. The monoisotopic (exact) mass is 643 g/mol. The van der Waals surface area contributed by atoms with Crippen molar-refractivity contribution in [2.24, 2.45) is 11.8 Å². The van der Waals surface area contributed by atoms with E-state index in [0.29, 0.717) is 22.6 Å². The highest BCUT2D eigenvalue weighted by molar-refractivity contribution is 6.39. The Hall–Kier alpha value is -5.88. The number of carbonyl (C=O) groups excluding carboxylic acids is 4. The molecule has 1 saturated carbocycles. The number of rotatable bonds is 6. The van der Waals surface area contributed by atoms with Gasteiger partial charge in [0.05, 0.1) is 28.4 Å². The number of amides is 2. The van der Waals surface area contributed by atoms with Crippen molar-refractivity contribution in [1.82, 2.24) is 0 Å². The van der Waals surface area contributed by atoms with Gasteiger partial charge in [0.15, 0.2) is 5.78 Å². The molecule has 49 heavy (non-hydrogen) atoms. The van der Waals surface area contributed by atoms with E-state index in [9.17, 15) is 4.79 Å². The Labute approximate surface area is 284 Å². The largest absolute Gasteiger partial charge is 0.427 e. The minimum Gasteiger partial charge on any atom is -0.427 e. The van der Waals surface area contributed by atoms with Crippen molar-refractivity contribution in [3.63, 3.8) is 0 Å². The summed E-state index contributed by atoms with van der Waals surface area (Å²) in [5.41, 5.74) is 4.07. The number of imide groups is 1. The van der Waals surface area contributed by atoms with Gasteiger partial charge in [-0.3, -0.25) is 19.2 Å². The molecule has 8 rings (SSSR count). The number of allylic oxidation sites excluding steroid dienone is 2. The summed E-state index contributed by atoms with van der Waals surface area (Å²) in [5, 5.41) is 0. The van der Waals surface area contributed by atoms with E-state index in [4.69, 9.17) is 4.74 Å². The summed E-state index contributed by atoms with van der Waals surface area (Å²) in [6, 6.07) is 41.5. The minimum atomic E-state index is -1.48. The summed E-state index contributed by atoms with van der Waals surface area (Å²) in [7, 11) is 0. The van der Waals surface area contributed by atoms with E-state index in [1.54, 1.807) is 24.3 Å². The van der Waals surface area contributed by atoms with Crippen LogP contribution >= 0.6 is 0 Å². The van der Waals surface area contributed by atoms with Crippen LogP contribution < -0.4 is 9.64 Å². The van der Waals surface area contributed by atoms with E-state index in [1.165, 1.54) is 11.8 Å². The van der Waals surface area contributed by atoms with Gasteiger partial charge in [-0.1, -0.05) is 120 Å². The molecular formula is C43H33NO5. The van der Waals surface area contributed by atoms with Crippen molar-refractivity contribution in [3.8, 4) is 5.75 Å². The number of ketones is 1. The number of aryl methyl sites for hydroxylation is 2. The van der Waals surface area contributed by atoms with Crippen LogP contribution in [0.15, 0.2) is 133 Å². The minimum absolute atomic E-state index is 0.162. The first-order valence-electron chi connectivity index (χ1n) is 16.4. The first-order valence-corrected chi connectivity index (χ1v) is 16.4. The fraction of sp³-hybridized carbons (Fsp3) is 0.163. The van der Waals surface area contributed by atoms with Crippen LogP contribution in [0.3, 0.4) is 0 Å². The Morgan fingerprint density at radius 1 is 0.571 bits per heavy atom. The van der Waals surface area contributed by atoms with Crippen LogP contribution in [0.4, 0.5) is 5.69 Å². The molecule has 2 bridgehead atoms. The molecule has 5 aromatic carbocycles. The fourth-order valence-corrected chi connectivity index (χ4v) is 8.65. The molecule has 0 radical (unpaired) electrons. The van der Waals surface area contributed by atoms with E-state index in [0.717, 1.165) is 33.4 Å². The Kier molecular flexibility index (Phi) is 6.90. The van der Waals surface area contributed by atoms with Crippen molar-refractivity contribution in [1.29, 1.82) is 0 Å². The molecule has 2 amide bonds. The zero-order chi connectivity index (χ0) is 34.1. The molecule has 4 atom stereocenters. The van der Waals surface area contributed by atoms with Gasteiger partial charge in [-0.15, -0.1) is 0 Å². The van der Waals surface area contributed by atoms with E-state index in [-0.39, 0.29) is 5.78 Å². The van der Waals surface area contributed by atoms with E-state index in [2.05, 4.69) is 0 Å². The zero-order valence-electron chi connectivity index (χ0n) is 27.3. The molecule has 2 fully saturated rings. The summed E-state index contributed by atoms with van der Waals surface area (Å²) in [6.07, 6.45) is 0. The third kappa shape index (κ3) is 4.13. The van der Waals surface area contributed by atoms with Gasteiger partial charge in [0.25, 0.3) is 0 Å². The van der Waals surface area contributed by atoms with E-state index in [1.807, 2.05) is 123 Å². The number of Topliss-reactive ketones (excluding diaryl/α,β-unsaturated/α-hetero) is 1. The van der Waals surface area contributed by atoms with Crippen LogP contribution in [-0.2, 0) is 30.0 Å². The third-order valence-corrected chi connectivity index (χ3v) is 10.5. The van der Waals surface area contributed by atoms with Crippen LogP contribution in [0, 0.1) is 25.7 Å². The van der Waals surface area contributed by atoms with Crippen LogP contribution in [0.5, 0.6) is 5.75 Å². The second-order valence-corrected chi connectivity index (χ2v) is 13.2.